The van der Waals surface area contributed by atoms with Crippen LogP contribution >= 0.6 is 23.1 Å². The molecule has 142 valence electrons. The molecule has 0 atom stereocenters. The molecule has 1 aliphatic heterocycles. The quantitative estimate of drug-likeness (QED) is 0.598. The molecule has 0 aliphatic carbocycles. The average molecular weight is 408 g/mol. The normalized spacial score (nSPS) is 15.4. The Labute approximate surface area is 162 Å². The van der Waals surface area contributed by atoms with Crippen LogP contribution in [0.5, 0.6) is 5.19 Å². The van der Waals surface area contributed by atoms with Gasteiger partial charge in [-0.1, -0.05) is 23.1 Å². The molecule has 0 saturated carbocycles. The molecular formula is C16H17FN6O2S2. The molecule has 1 aliphatic rings. The average Bonchev–Trinajstić information content (AvgIpc) is 3.25. The van der Waals surface area contributed by atoms with E-state index in [0.717, 1.165) is 23.1 Å². The van der Waals surface area contributed by atoms with E-state index in [1.165, 1.54) is 35.2 Å². The molecule has 3 heterocycles. The van der Waals surface area contributed by atoms with Crippen molar-refractivity contribution >= 4 is 39.2 Å². The van der Waals surface area contributed by atoms with Gasteiger partial charge in [0, 0.05) is 33.0 Å². The molecule has 2 aromatic heterocycles. The van der Waals surface area contributed by atoms with Gasteiger partial charge in [-0.2, -0.15) is 0 Å². The fourth-order valence-electron chi connectivity index (χ4n) is 2.85. The summed E-state index contributed by atoms with van der Waals surface area (Å²) in [7, 11) is 1.74. The Morgan fingerprint density at radius 2 is 2.22 bits per heavy atom. The number of aromatic nitrogens is 5. The molecule has 0 N–H and O–H groups in total. The van der Waals surface area contributed by atoms with E-state index in [2.05, 4.69) is 20.5 Å². The maximum atomic E-state index is 13.3. The Morgan fingerprint density at radius 1 is 1.41 bits per heavy atom. The predicted octanol–water partition coefficient (Wildman–Crippen LogP) is 2.12. The van der Waals surface area contributed by atoms with E-state index < -0.39 is 0 Å². The number of ether oxygens (including phenoxy) is 1. The van der Waals surface area contributed by atoms with Gasteiger partial charge in [-0.3, -0.25) is 4.79 Å². The number of thiazole rings is 1. The molecule has 11 heteroatoms. The van der Waals surface area contributed by atoms with Crippen molar-refractivity contribution in [3.63, 3.8) is 0 Å². The fourth-order valence-corrected chi connectivity index (χ4v) is 4.51. The first kappa shape index (κ1) is 18.1. The highest BCUT2D eigenvalue weighted by Gasteiger charge is 2.25. The topological polar surface area (TPSA) is 86.0 Å². The number of tetrazole rings is 1. The van der Waals surface area contributed by atoms with Crippen molar-refractivity contribution in [2.24, 2.45) is 7.05 Å². The number of likely N-dealkylation sites (tertiary alicyclic amines) is 1. The number of rotatable bonds is 5. The lowest BCUT2D eigenvalue weighted by molar-refractivity contribution is -0.130. The number of hydrogen-bond donors (Lipinski definition) is 0. The minimum Gasteiger partial charge on any atom is -0.467 e. The minimum atomic E-state index is -0.278. The van der Waals surface area contributed by atoms with E-state index in [4.69, 9.17) is 4.74 Å². The Kier molecular flexibility index (Phi) is 5.21. The number of benzene rings is 1. The summed E-state index contributed by atoms with van der Waals surface area (Å²) < 4.78 is 21.6. The van der Waals surface area contributed by atoms with Gasteiger partial charge >= 0.3 is 0 Å². The summed E-state index contributed by atoms with van der Waals surface area (Å²) in [5.41, 5.74) is 0.735. The Hall–Kier alpha value is -2.27. The molecule has 0 bridgehead atoms. The zero-order chi connectivity index (χ0) is 18.8. The van der Waals surface area contributed by atoms with Gasteiger partial charge in [0.25, 0.3) is 5.19 Å². The van der Waals surface area contributed by atoms with E-state index in [1.54, 1.807) is 17.8 Å². The van der Waals surface area contributed by atoms with Crippen LogP contribution in [0.3, 0.4) is 0 Å². The summed E-state index contributed by atoms with van der Waals surface area (Å²) >= 11 is 2.67. The molecule has 0 unspecified atom stereocenters. The first-order chi connectivity index (χ1) is 13.1. The summed E-state index contributed by atoms with van der Waals surface area (Å²) in [6, 6.07) is 4.51. The summed E-state index contributed by atoms with van der Waals surface area (Å²) in [6.45, 7) is 1.28. The molecule has 3 aromatic rings. The molecule has 1 amide bonds. The highest BCUT2D eigenvalue weighted by molar-refractivity contribution is 7.99. The summed E-state index contributed by atoms with van der Waals surface area (Å²) in [6.07, 6.45) is 1.49. The number of piperidine rings is 1. The van der Waals surface area contributed by atoms with Crippen molar-refractivity contribution in [1.82, 2.24) is 30.1 Å². The van der Waals surface area contributed by atoms with Crippen molar-refractivity contribution < 1.29 is 13.9 Å². The van der Waals surface area contributed by atoms with Gasteiger partial charge in [0.15, 0.2) is 0 Å². The van der Waals surface area contributed by atoms with Gasteiger partial charge < -0.3 is 9.64 Å². The second kappa shape index (κ2) is 7.77. The maximum absolute atomic E-state index is 13.3. The van der Waals surface area contributed by atoms with Crippen LogP contribution in [0.4, 0.5) is 4.39 Å². The lowest BCUT2D eigenvalue weighted by atomic mass is 10.1. The maximum Gasteiger partial charge on any atom is 0.274 e. The van der Waals surface area contributed by atoms with Crippen LogP contribution in [0.1, 0.15) is 12.8 Å². The number of nitrogens with zero attached hydrogens (tertiary/aromatic N) is 6. The number of amides is 1. The minimum absolute atomic E-state index is 0.00931. The van der Waals surface area contributed by atoms with Crippen LogP contribution in [0.15, 0.2) is 23.4 Å². The molecule has 8 nitrogen and oxygen atoms in total. The summed E-state index contributed by atoms with van der Waals surface area (Å²) in [5.74, 6) is 0.0970. The first-order valence-corrected chi connectivity index (χ1v) is 10.2. The first-order valence-electron chi connectivity index (χ1n) is 8.44. The monoisotopic (exact) mass is 408 g/mol. The van der Waals surface area contributed by atoms with Crippen LogP contribution in [0.2, 0.25) is 0 Å². The zero-order valence-electron chi connectivity index (χ0n) is 14.5. The van der Waals surface area contributed by atoms with E-state index in [1.807, 2.05) is 4.90 Å². The molecule has 27 heavy (non-hydrogen) atoms. The van der Waals surface area contributed by atoms with Gasteiger partial charge in [-0.15, -0.1) is 5.10 Å². The van der Waals surface area contributed by atoms with E-state index in [-0.39, 0.29) is 17.8 Å². The lowest BCUT2D eigenvalue weighted by Crippen LogP contribution is -2.42. The third-order valence-electron chi connectivity index (χ3n) is 4.30. The number of halogens is 1. The lowest BCUT2D eigenvalue weighted by Gasteiger charge is -2.31. The number of thioether (sulfide) groups is 1. The van der Waals surface area contributed by atoms with Crippen LogP contribution in [0.25, 0.3) is 10.2 Å². The van der Waals surface area contributed by atoms with E-state index >= 15 is 0 Å². The van der Waals surface area contributed by atoms with Crippen LogP contribution in [-0.2, 0) is 11.8 Å². The molecule has 1 fully saturated rings. The molecule has 0 radical (unpaired) electrons. The Morgan fingerprint density at radius 3 is 2.96 bits per heavy atom. The van der Waals surface area contributed by atoms with Gasteiger partial charge in [0.05, 0.1) is 16.0 Å². The van der Waals surface area contributed by atoms with Gasteiger partial charge in [-0.05, 0) is 28.6 Å². The molecule has 0 spiro atoms. The molecule has 1 saturated heterocycles. The third-order valence-corrected chi connectivity index (χ3v) is 6.20. The van der Waals surface area contributed by atoms with Crippen molar-refractivity contribution in [2.75, 3.05) is 18.8 Å². The number of hydrogen-bond acceptors (Lipinski definition) is 8. The zero-order valence-corrected chi connectivity index (χ0v) is 16.2. The van der Waals surface area contributed by atoms with Crippen molar-refractivity contribution in [3.05, 3.63) is 24.0 Å². The molecule has 1 aromatic carbocycles. The highest BCUT2D eigenvalue weighted by atomic mass is 32.2. The summed E-state index contributed by atoms with van der Waals surface area (Å²) in [5, 5.41) is 12.3. The second-order valence-electron chi connectivity index (χ2n) is 6.16. The van der Waals surface area contributed by atoms with Crippen molar-refractivity contribution in [3.8, 4) is 5.19 Å². The van der Waals surface area contributed by atoms with Crippen molar-refractivity contribution in [1.29, 1.82) is 0 Å². The Balaban J connectivity index is 1.28. The fraction of sp³-hybridized carbons (Fsp3) is 0.438. The smallest absolute Gasteiger partial charge is 0.274 e. The van der Waals surface area contributed by atoms with Crippen LogP contribution in [-0.4, -0.2) is 60.9 Å². The SMILES string of the molecule is Cn1nnnc1SCC(=O)N1CCC(Oc2nc3ccc(F)cc3s2)CC1. The number of carbonyl (C=O) groups is 1. The highest BCUT2D eigenvalue weighted by Crippen LogP contribution is 2.30. The summed E-state index contributed by atoms with van der Waals surface area (Å²) in [4.78, 5) is 18.6. The second-order valence-corrected chi connectivity index (χ2v) is 8.10. The standard InChI is InChI=1S/C16H17FN6O2S2/c1-22-15(19-20-21-22)26-9-14(24)23-6-4-11(5-7-23)25-16-18-12-3-2-10(17)8-13(12)27-16/h2-3,8,11H,4-7,9H2,1H3. The van der Waals surface area contributed by atoms with Crippen LogP contribution < -0.4 is 4.74 Å². The van der Waals surface area contributed by atoms with E-state index in [9.17, 15) is 9.18 Å². The largest absolute Gasteiger partial charge is 0.467 e. The third kappa shape index (κ3) is 4.19. The molecular weight excluding hydrogens is 391 g/mol. The number of aryl methyl sites for hydroxylation is 1. The molecule has 4 rings (SSSR count). The van der Waals surface area contributed by atoms with Gasteiger partial charge in [-0.25, -0.2) is 14.1 Å². The van der Waals surface area contributed by atoms with Gasteiger partial charge in [0.2, 0.25) is 11.1 Å². The van der Waals surface area contributed by atoms with Gasteiger partial charge in [0.1, 0.15) is 11.9 Å². The van der Waals surface area contributed by atoms with E-state index in [0.29, 0.717) is 29.2 Å². The Bertz CT molecular complexity index is 953. The number of fused-ring (bicyclic) bond motifs is 1. The van der Waals surface area contributed by atoms with Crippen molar-refractivity contribution in [2.45, 2.75) is 24.1 Å². The number of carbonyl (C=O) groups excluding carboxylic acids is 1. The predicted molar refractivity (Wildman–Crippen MR) is 99.3 cm³/mol. The van der Waals surface area contributed by atoms with Crippen LogP contribution in [0, 0.1) is 5.82 Å².